The summed E-state index contributed by atoms with van der Waals surface area (Å²) in [5, 5.41) is 48.3. The van der Waals surface area contributed by atoms with Gasteiger partial charge in [-0.15, -0.1) is 0 Å². The summed E-state index contributed by atoms with van der Waals surface area (Å²) in [6.07, 6.45) is 0. The summed E-state index contributed by atoms with van der Waals surface area (Å²) in [6.45, 7) is 0. The third-order valence-corrected chi connectivity index (χ3v) is 7.91. The molecule has 4 aromatic carbocycles. The molecule has 0 spiro atoms. The van der Waals surface area contributed by atoms with Crippen LogP contribution >= 0.6 is 0 Å². The van der Waals surface area contributed by atoms with Gasteiger partial charge in [-0.25, -0.2) is 65.7 Å². The number of fused-ring (bicyclic) bond motifs is 2. The second-order valence-corrected chi connectivity index (χ2v) is 11.0. The first-order chi connectivity index (χ1) is 26.4. The Morgan fingerprint density at radius 2 is 0.945 bits per heavy atom. The average Bonchev–Trinajstić information content (AvgIpc) is 3.82. The lowest BCUT2D eigenvalue weighted by Crippen LogP contribution is -2.26. The van der Waals surface area contributed by atoms with Crippen molar-refractivity contribution >= 4 is 5.57 Å². The molecule has 1 aromatic heterocycles. The number of allylic oxidation sites excluding steroid dienone is 2. The number of halogens is 7. The van der Waals surface area contributed by atoms with E-state index in [4.69, 9.17) is 0 Å². The smallest absolute Gasteiger partial charge is 0.200 e. The van der Waals surface area contributed by atoms with Crippen molar-refractivity contribution < 1.29 is 30.7 Å². The van der Waals surface area contributed by atoms with Crippen LogP contribution in [0.15, 0.2) is 79.6 Å². The fraction of sp³-hybridized carbons (Fsp3) is 0. The summed E-state index contributed by atoms with van der Waals surface area (Å²) in [6, 6.07) is 15.9. The van der Waals surface area contributed by atoms with Gasteiger partial charge < -0.3 is 0 Å². The quantitative estimate of drug-likeness (QED) is 0.112. The van der Waals surface area contributed by atoms with Gasteiger partial charge in [-0.05, 0) is 36.4 Å². The molecule has 3 heterocycles. The van der Waals surface area contributed by atoms with Crippen LogP contribution in [-0.4, -0.2) is 15.0 Å². The standard InChI is InChI=1S/C36H7F7N12/c37-15-5-13(6-16(38)7-15)32-53-34(17-1-3-22-30(19(17)10-46)51-33(49-22)14(8-44)9-45)55-35(54-32)18-2-4-23-31(20(18)11-47)52-36(50-23)21(12-48)24-25(39)27(41)29(43)28(42)26(24)40/h1-7H/b36-21-. The van der Waals surface area contributed by atoms with Gasteiger partial charge in [-0.3, -0.25) is 0 Å². The predicted octanol–water partition coefficient (Wildman–Crippen LogP) is 4.25. The molecule has 0 fully saturated rings. The number of nitriles is 5. The SMILES string of the molecule is N#CC(C#N)=C1N=c2ccc(-c3nc(-c4cc(F)cc(F)c4)nc(-c4ccc5c(c4C#N)=N/C(=C(/C#N)c4c(F)c(F)c(F)c(F)c4F)N=5)n3)c(C#N)c2=N1. The van der Waals surface area contributed by atoms with Crippen LogP contribution in [-0.2, 0) is 0 Å². The number of rotatable bonds is 4. The van der Waals surface area contributed by atoms with Crippen molar-refractivity contribution in [2.45, 2.75) is 0 Å². The summed E-state index contributed by atoms with van der Waals surface area (Å²) >= 11 is 0. The summed E-state index contributed by atoms with van der Waals surface area (Å²) in [7, 11) is 0. The molecule has 0 saturated carbocycles. The van der Waals surface area contributed by atoms with E-state index in [1.54, 1.807) is 12.1 Å². The van der Waals surface area contributed by atoms with Crippen LogP contribution in [0.4, 0.5) is 30.7 Å². The second kappa shape index (κ2) is 13.3. The Hall–Kier alpha value is -8.47. The maximum Gasteiger partial charge on any atom is 0.200 e. The minimum absolute atomic E-state index is 0.0373. The molecular weight excluding hydrogens is 733 g/mol. The number of nitrogens with zero attached hydrogens (tertiary/aromatic N) is 12. The van der Waals surface area contributed by atoms with E-state index < -0.39 is 68.8 Å². The molecule has 0 unspecified atom stereocenters. The molecule has 55 heavy (non-hydrogen) atoms. The largest absolute Gasteiger partial charge is 0.226 e. The van der Waals surface area contributed by atoms with Crippen molar-refractivity contribution in [1.82, 2.24) is 15.0 Å². The van der Waals surface area contributed by atoms with Crippen molar-refractivity contribution in [2.24, 2.45) is 20.0 Å². The van der Waals surface area contributed by atoms with Gasteiger partial charge >= 0.3 is 0 Å². The monoisotopic (exact) mass is 740 g/mol. The zero-order chi connectivity index (χ0) is 39.3. The van der Waals surface area contributed by atoms with Gasteiger partial charge in [0.1, 0.15) is 58.3 Å². The second-order valence-electron chi connectivity index (χ2n) is 11.0. The van der Waals surface area contributed by atoms with E-state index in [9.17, 15) is 57.0 Å². The molecule has 2 aliphatic heterocycles. The van der Waals surface area contributed by atoms with Crippen molar-refractivity contribution in [3.8, 4) is 64.5 Å². The van der Waals surface area contributed by atoms with E-state index in [1.165, 1.54) is 30.3 Å². The van der Waals surface area contributed by atoms with Gasteiger partial charge in [0.05, 0.1) is 27.4 Å². The first-order valence-electron chi connectivity index (χ1n) is 14.9. The predicted molar refractivity (Wildman–Crippen MR) is 167 cm³/mol. The Labute approximate surface area is 300 Å². The summed E-state index contributed by atoms with van der Waals surface area (Å²) < 4.78 is 100. The fourth-order valence-corrected chi connectivity index (χ4v) is 5.48. The maximum absolute atomic E-state index is 14.7. The number of hydrogen-bond donors (Lipinski definition) is 0. The van der Waals surface area contributed by atoms with Crippen LogP contribution in [0.3, 0.4) is 0 Å². The molecule has 19 heteroatoms. The first-order valence-corrected chi connectivity index (χ1v) is 14.9. The molecule has 12 nitrogen and oxygen atoms in total. The fourth-order valence-electron chi connectivity index (χ4n) is 5.48. The number of aromatic nitrogens is 3. The molecule has 5 aromatic rings. The van der Waals surface area contributed by atoms with Gasteiger partial charge in [0.25, 0.3) is 0 Å². The van der Waals surface area contributed by atoms with Gasteiger partial charge in [-0.2, -0.15) is 26.3 Å². The third kappa shape index (κ3) is 5.65. The molecule has 0 bridgehead atoms. The van der Waals surface area contributed by atoms with E-state index in [-0.39, 0.29) is 67.0 Å². The molecule has 0 N–H and O–H groups in total. The molecule has 0 saturated heterocycles. The van der Waals surface area contributed by atoms with Crippen molar-refractivity contribution in [1.29, 1.82) is 26.3 Å². The Morgan fingerprint density at radius 1 is 0.491 bits per heavy atom. The molecular formula is C36H7F7N12. The molecule has 260 valence electrons. The van der Waals surface area contributed by atoms with E-state index in [0.29, 0.717) is 6.07 Å². The summed E-state index contributed by atoms with van der Waals surface area (Å²) in [5.41, 5.74) is -4.20. The highest BCUT2D eigenvalue weighted by Gasteiger charge is 2.30. The molecule has 0 aliphatic carbocycles. The molecule has 2 aliphatic rings. The lowest BCUT2D eigenvalue weighted by molar-refractivity contribution is 0.376. The summed E-state index contributed by atoms with van der Waals surface area (Å²) in [5.74, 6) is -15.9. The Morgan fingerprint density at radius 3 is 1.42 bits per heavy atom. The van der Waals surface area contributed by atoms with Gasteiger partial charge in [0.2, 0.25) is 5.82 Å². The highest BCUT2D eigenvalue weighted by atomic mass is 19.2. The zero-order valence-electron chi connectivity index (χ0n) is 26.6. The van der Waals surface area contributed by atoms with Crippen LogP contribution in [0.2, 0.25) is 0 Å². The first kappa shape index (κ1) is 35.0. The van der Waals surface area contributed by atoms with Crippen LogP contribution in [0.25, 0.3) is 39.7 Å². The minimum atomic E-state index is -2.46. The summed E-state index contributed by atoms with van der Waals surface area (Å²) in [4.78, 5) is 29.3. The van der Waals surface area contributed by atoms with E-state index in [0.717, 1.165) is 12.1 Å². The molecule has 0 radical (unpaired) electrons. The Bertz CT molecular complexity index is 3130. The topological polar surface area (TPSA) is 207 Å². The van der Waals surface area contributed by atoms with Crippen molar-refractivity contribution in [3.63, 3.8) is 0 Å². The maximum atomic E-state index is 14.7. The molecule has 0 amide bonds. The van der Waals surface area contributed by atoms with Crippen molar-refractivity contribution in [3.05, 3.63) is 139 Å². The normalized spacial score (nSPS) is 12.9. The van der Waals surface area contributed by atoms with Crippen LogP contribution in [0, 0.1) is 97.4 Å². The van der Waals surface area contributed by atoms with Crippen LogP contribution in [0.5, 0.6) is 0 Å². The van der Waals surface area contributed by atoms with Crippen molar-refractivity contribution in [2.75, 3.05) is 0 Å². The number of benzene rings is 4. The van der Waals surface area contributed by atoms with Crippen LogP contribution < -0.4 is 21.4 Å². The van der Waals surface area contributed by atoms with Gasteiger partial charge in [-0.1, -0.05) is 0 Å². The highest BCUT2D eigenvalue weighted by molar-refractivity contribution is 5.80. The Balaban J connectivity index is 1.49. The number of hydrogen-bond acceptors (Lipinski definition) is 12. The zero-order valence-corrected chi connectivity index (χ0v) is 26.6. The van der Waals surface area contributed by atoms with Gasteiger partial charge in [0.15, 0.2) is 58.0 Å². The van der Waals surface area contributed by atoms with E-state index in [1.807, 2.05) is 12.1 Å². The Kier molecular flexibility index (Phi) is 8.42. The molecule has 0 atom stereocenters. The molecule has 7 rings (SSSR count). The van der Waals surface area contributed by atoms with E-state index >= 15 is 0 Å². The highest BCUT2D eigenvalue weighted by Crippen LogP contribution is 2.32. The van der Waals surface area contributed by atoms with Crippen LogP contribution in [0.1, 0.15) is 16.7 Å². The van der Waals surface area contributed by atoms with E-state index in [2.05, 4.69) is 34.9 Å². The lowest BCUT2D eigenvalue weighted by atomic mass is 10.0. The minimum Gasteiger partial charge on any atom is -0.226 e. The third-order valence-electron chi connectivity index (χ3n) is 7.91. The van der Waals surface area contributed by atoms with Gasteiger partial charge in [0, 0.05) is 22.8 Å². The average molecular weight is 741 g/mol. The lowest BCUT2D eigenvalue weighted by Gasteiger charge is -2.10.